The SMILES string of the molecule is CC(C)(C)C1CN(C2CCC(N)CC2)CCN1C(=O)O. The summed E-state index contributed by atoms with van der Waals surface area (Å²) in [5.74, 6) is 0. The summed E-state index contributed by atoms with van der Waals surface area (Å²) in [7, 11) is 0. The van der Waals surface area contributed by atoms with Crippen LogP contribution in [0.2, 0.25) is 0 Å². The fraction of sp³-hybridized carbons (Fsp3) is 0.933. The van der Waals surface area contributed by atoms with Crippen molar-refractivity contribution < 1.29 is 9.90 Å². The van der Waals surface area contributed by atoms with Crippen molar-refractivity contribution in [2.75, 3.05) is 19.6 Å². The van der Waals surface area contributed by atoms with Crippen molar-refractivity contribution in [3.63, 3.8) is 0 Å². The molecule has 116 valence electrons. The fourth-order valence-corrected chi connectivity index (χ4v) is 3.57. The van der Waals surface area contributed by atoms with Gasteiger partial charge in [-0.2, -0.15) is 0 Å². The van der Waals surface area contributed by atoms with Crippen molar-refractivity contribution in [3.8, 4) is 0 Å². The van der Waals surface area contributed by atoms with Crippen molar-refractivity contribution in [2.45, 2.75) is 64.6 Å². The third-order valence-corrected chi connectivity index (χ3v) is 4.91. The highest BCUT2D eigenvalue weighted by Crippen LogP contribution is 2.31. The molecule has 1 atom stereocenters. The zero-order valence-electron chi connectivity index (χ0n) is 13.0. The van der Waals surface area contributed by atoms with Crippen LogP contribution in [0, 0.1) is 5.41 Å². The zero-order valence-corrected chi connectivity index (χ0v) is 13.0. The summed E-state index contributed by atoms with van der Waals surface area (Å²) < 4.78 is 0. The second-order valence-corrected chi connectivity index (χ2v) is 7.42. The van der Waals surface area contributed by atoms with Crippen molar-refractivity contribution in [3.05, 3.63) is 0 Å². The molecule has 0 aromatic rings. The molecule has 1 heterocycles. The first-order valence-corrected chi connectivity index (χ1v) is 7.78. The standard InChI is InChI=1S/C15H29N3O2/c1-15(2,3)13-10-17(8-9-18(13)14(19)20)12-6-4-11(16)5-7-12/h11-13H,4-10,16H2,1-3H3,(H,19,20). The molecule has 1 aliphatic heterocycles. The second-order valence-electron chi connectivity index (χ2n) is 7.42. The Morgan fingerprint density at radius 2 is 1.75 bits per heavy atom. The number of hydrogen-bond donors (Lipinski definition) is 2. The van der Waals surface area contributed by atoms with E-state index in [2.05, 4.69) is 25.7 Å². The number of rotatable bonds is 1. The summed E-state index contributed by atoms with van der Waals surface area (Å²) in [5, 5.41) is 9.39. The Balaban J connectivity index is 2.03. The number of hydrogen-bond acceptors (Lipinski definition) is 3. The molecule has 20 heavy (non-hydrogen) atoms. The normalized spacial score (nSPS) is 33.2. The molecule has 1 unspecified atom stereocenters. The molecule has 1 saturated heterocycles. The Morgan fingerprint density at radius 3 is 2.25 bits per heavy atom. The van der Waals surface area contributed by atoms with Gasteiger partial charge in [-0.15, -0.1) is 0 Å². The average molecular weight is 283 g/mol. The maximum atomic E-state index is 11.4. The van der Waals surface area contributed by atoms with Gasteiger partial charge in [-0.3, -0.25) is 4.90 Å². The van der Waals surface area contributed by atoms with Crippen LogP contribution in [0.5, 0.6) is 0 Å². The van der Waals surface area contributed by atoms with Gasteiger partial charge in [0.25, 0.3) is 0 Å². The van der Waals surface area contributed by atoms with Gasteiger partial charge in [0.05, 0.1) is 6.04 Å². The first-order valence-electron chi connectivity index (χ1n) is 7.78. The predicted octanol–water partition coefficient (Wildman–Crippen LogP) is 1.97. The third-order valence-electron chi connectivity index (χ3n) is 4.91. The topological polar surface area (TPSA) is 69.8 Å². The van der Waals surface area contributed by atoms with Crippen LogP contribution < -0.4 is 5.73 Å². The molecule has 5 nitrogen and oxygen atoms in total. The Kier molecular flexibility index (Phi) is 4.59. The van der Waals surface area contributed by atoms with E-state index >= 15 is 0 Å². The van der Waals surface area contributed by atoms with E-state index < -0.39 is 6.09 Å². The van der Waals surface area contributed by atoms with Gasteiger partial charge in [0.2, 0.25) is 0 Å². The van der Waals surface area contributed by atoms with Crippen LogP contribution in [-0.4, -0.2) is 58.8 Å². The van der Waals surface area contributed by atoms with E-state index in [1.54, 1.807) is 4.90 Å². The summed E-state index contributed by atoms with van der Waals surface area (Å²) in [6, 6.07) is 1.03. The predicted molar refractivity (Wildman–Crippen MR) is 79.8 cm³/mol. The van der Waals surface area contributed by atoms with Gasteiger partial charge < -0.3 is 15.7 Å². The van der Waals surface area contributed by atoms with Gasteiger partial charge in [0, 0.05) is 31.7 Å². The van der Waals surface area contributed by atoms with Gasteiger partial charge >= 0.3 is 6.09 Å². The highest BCUT2D eigenvalue weighted by atomic mass is 16.4. The lowest BCUT2D eigenvalue weighted by atomic mass is 9.83. The number of piperazine rings is 1. The monoisotopic (exact) mass is 283 g/mol. The number of nitrogens with two attached hydrogens (primary N) is 1. The van der Waals surface area contributed by atoms with Crippen LogP contribution in [-0.2, 0) is 0 Å². The summed E-state index contributed by atoms with van der Waals surface area (Å²) >= 11 is 0. The summed E-state index contributed by atoms with van der Waals surface area (Å²) in [6.45, 7) is 8.74. The average Bonchev–Trinajstić information content (AvgIpc) is 2.38. The largest absolute Gasteiger partial charge is 0.465 e. The van der Waals surface area contributed by atoms with Crippen LogP contribution in [0.15, 0.2) is 0 Å². The van der Waals surface area contributed by atoms with Crippen LogP contribution in [0.3, 0.4) is 0 Å². The van der Waals surface area contributed by atoms with E-state index in [1.807, 2.05) is 0 Å². The van der Waals surface area contributed by atoms with E-state index in [9.17, 15) is 9.90 Å². The number of nitrogens with zero attached hydrogens (tertiary/aromatic N) is 2. The fourth-order valence-electron chi connectivity index (χ4n) is 3.57. The molecule has 1 saturated carbocycles. The molecule has 0 spiro atoms. The summed E-state index contributed by atoms with van der Waals surface area (Å²) in [5.41, 5.74) is 5.95. The molecule has 0 radical (unpaired) electrons. The van der Waals surface area contributed by atoms with E-state index in [4.69, 9.17) is 5.73 Å². The molecular formula is C15H29N3O2. The lowest BCUT2D eigenvalue weighted by molar-refractivity contribution is -0.00127. The molecule has 2 rings (SSSR count). The molecule has 1 aliphatic carbocycles. The zero-order chi connectivity index (χ0) is 14.9. The minimum atomic E-state index is -0.782. The van der Waals surface area contributed by atoms with Crippen molar-refractivity contribution in [2.24, 2.45) is 11.1 Å². The Morgan fingerprint density at radius 1 is 1.15 bits per heavy atom. The van der Waals surface area contributed by atoms with Crippen molar-refractivity contribution in [1.29, 1.82) is 0 Å². The lowest BCUT2D eigenvalue weighted by Gasteiger charge is -2.49. The van der Waals surface area contributed by atoms with Crippen LogP contribution >= 0.6 is 0 Å². The van der Waals surface area contributed by atoms with E-state index in [0.717, 1.165) is 38.8 Å². The second kappa shape index (κ2) is 5.90. The Labute approximate surface area is 122 Å². The molecule has 2 fully saturated rings. The van der Waals surface area contributed by atoms with Gasteiger partial charge in [0.15, 0.2) is 0 Å². The van der Waals surface area contributed by atoms with Crippen LogP contribution in [0.1, 0.15) is 46.5 Å². The lowest BCUT2D eigenvalue weighted by Crippen LogP contribution is -2.61. The molecule has 0 bridgehead atoms. The molecular weight excluding hydrogens is 254 g/mol. The number of amides is 1. The number of carboxylic acid groups (broad SMARTS) is 1. The molecule has 0 aromatic heterocycles. The maximum Gasteiger partial charge on any atom is 0.407 e. The highest BCUT2D eigenvalue weighted by Gasteiger charge is 2.40. The third kappa shape index (κ3) is 3.44. The first-order chi connectivity index (χ1) is 9.29. The van der Waals surface area contributed by atoms with Crippen LogP contribution in [0.4, 0.5) is 4.79 Å². The first kappa shape index (κ1) is 15.6. The van der Waals surface area contributed by atoms with Gasteiger partial charge in [-0.1, -0.05) is 20.8 Å². The highest BCUT2D eigenvalue weighted by molar-refractivity contribution is 5.65. The van der Waals surface area contributed by atoms with E-state index in [0.29, 0.717) is 18.6 Å². The minimum absolute atomic E-state index is 0.0257. The number of carbonyl (C=O) groups is 1. The molecule has 3 N–H and O–H groups in total. The van der Waals surface area contributed by atoms with E-state index in [-0.39, 0.29) is 11.5 Å². The summed E-state index contributed by atoms with van der Waals surface area (Å²) in [4.78, 5) is 15.6. The van der Waals surface area contributed by atoms with Crippen molar-refractivity contribution in [1.82, 2.24) is 9.80 Å². The van der Waals surface area contributed by atoms with Crippen LogP contribution in [0.25, 0.3) is 0 Å². The summed E-state index contributed by atoms with van der Waals surface area (Å²) in [6.07, 6.45) is 3.74. The smallest absolute Gasteiger partial charge is 0.407 e. The Bertz CT molecular complexity index is 346. The minimum Gasteiger partial charge on any atom is -0.465 e. The quantitative estimate of drug-likeness (QED) is 0.772. The van der Waals surface area contributed by atoms with Gasteiger partial charge in [-0.05, 0) is 31.1 Å². The molecule has 5 heteroatoms. The van der Waals surface area contributed by atoms with Crippen molar-refractivity contribution >= 4 is 6.09 Å². The Hall–Kier alpha value is -0.810. The maximum absolute atomic E-state index is 11.4. The van der Waals surface area contributed by atoms with E-state index in [1.165, 1.54) is 0 Å². The van der Waals surface area contributed by atoms with Gasteiger partial charge in [0.1, 0.15) is 0 Å². The molecule has 0 aromatic carbocycles. The molecule has 1 amide bonds. The molecule has 2 aliphatic rings. The van der Waals surface area contributed by atoms with Gasteiger partial charge in [-0.25, -0.2) is 4.79 Å².